The van der Waals surface area contributed by atoms with E-state index in [9.17, 15) is 4.79 Å². The highest BCUT2D eigenvalue weighted by molar-refractivity contribution is 7.13. The van der Waals surface area contributed by atoms with Gasteiger partial charge in [0.15, 0.2) is 11.3 Å². The minimum absolute atomic E-state index is 0.417. The lowest BCUT2D eigenvalue weighted by Gasteiger charge is -2.06. The summed E-state index contributed by atoms with van der Waals surface area (Å²) < 4.78 is 11.2. The number of benzene rings is 3. The third-order valence-corrected chi connectivity index (χ3v) is 5.92. The van der Waals surface area contributed by atoms with Gasteiger partial charge in [-0.25, -0.2) is 9.78 Å². The molecule has 2 aromatic heterocycles. The predicted molar refractivity (Wildman–Crippen MR) is 126 cm³/mol. The molecule has 0 fully saturated rings. The molecule has 2 heterocycles. The highest BCUT2D eigenvalue weighted by atomic mass is 32.1. The van der Waals surface area contributed by atoms with Crippen LogP contribution in [0.15, 0.2) is 93.5 Å². The summed E-state index contributed by atoms with van der Waals surface area (Å²) in [6.07, 6.45) is 0. The van der Waals surface area contributed by atoms with Gasteiger partial charge in [-0.1, -0.05) is 66.7 Å². The van der Waals surface area contributed by atoms with Crippen molar-refractivity contribution in [1.82, 2.24) is 4.98 Å². The van der Waals surface area contributed by atoms with Gasteiger partial charge >= 0.3 is 5.63 Å². The molecule has 0 unspecified atom stereocenters. The second-order valence-electron chi connectivity index (χ2n) is 7.04. The molecule has 0 aliphatic carbocycles. The third kappa shape index (κ3) is 3.76. The van der Waals surface area contributed by atoms with Gasteiger partial charge < -0.3 is 9.15 Å². The second kappa shape index (κ2) is 8.20. The maximum atomic E-state index is 12.7. The molecular formula is C26H19NO3S. The van der Waals surface area contributed by atoms with E-state index < -0.39 is 5.63 Å². The lowest BCUT2D eigenvalue weighted by atomic mass is 10.0. The van der Waals surface area contributed by atoms with E-state index in [4.69, 9.17) is 14.1 Å². The standard InChI is InChI=1S/C26H19NO3S/c1-2-29-23-10-6-9-20-15-21(26(28)30-24(20)23)25-27-22(16-31-25)19-13-11-18(12-14-19)17-7-4-3-5-8-17/h3-16H,2H2,1H3. The summed E-state index contributed by atoms with van der Waals surface area (Å²) in [4.78, 5) is 17.4. The minimum atomic E-state index is -0.417. The zero-order valence-corrected chi connectivity index (χ0v) is 17.7. The first-order valence-electron chi connectivity index (χ1n) is 10.0. The van der Waals surface area contributed by atoms with Crippen LogP contribution in [0.5, 0.6) is 5.75 Å². The molecule has 5 heteroatoms. The van der Waals surface area contributed by atoms with Crippen molar-refractivity contribution < 1.29 is 9.15 Å². The van der Waals surface area contributed by atoms with Crippen LogP contribution in [0.2, 0.25) is 0 Å². The predicted octanol–water partition coefficient (Wildman–Crippen LogP) is 6.65. The number of aromatic nitrogens is 1. The van der Waals surface area contributed by atoms with Gasteiger partial charge in [0.1, 0.15) is 5.01 Å². The average Bonchev–Trinajstić information content (AvgIpc) is 3.30. The first-order chi connectivity index (χ1) is 15.2. The molecule has 0 atom stereocenters. The number of nitrogens with zero attached hydrogens (tertiary/aromatic N) is 1. The van der Waals surface area contributed by atoms with Crippen LogP contribution in [0.4, 0.5) is 0 Å². The minimum Gasteiger partial charge on any atom is -0.490 e. The second-order valence-corrected chi connectivity index (χ2v) is 7.89. The summed E-state index contributed by atoms with van der Waals surface area (Å²) in [6.45, 7) is 2.40. The van der Waals surface area contributed by atoms with Crippen molar-refractivity contribution >= 4 is 22.3 Å². The zero-order chi connectivity index (χ0) is 21.2. The quantitative estimate of drug-likeness (QED) is 0.296. The monoisotopic (exact) mass is 425 g/mol. The molecule has 0 saturated carbocycles. The highest BCUT2D eigenvalue weighted by Crippen LogP contribution is 2.32. The van der Waals surface area contributed by atoms with Gasteiger partial charge in [0, 0.05) is 16.3 Å². The molecule has 152 valence electrons. The lowest BCUT2D eigenvalue weighted by Crippen LogP contribution is -2.03. The van der Waals surface area contributed by atoms with Crippen LogP contribution in [-0.2, 0) is 0 Å². The van der Waals surface area contributed by atoms with Crippen molar-refractivity contribution in [2.45, 2.75) is 6.92 Å². The first-order valence-corrected chi connectivity index (χ1v) is 10.9. The first kappa shape index (κ1) is 19.3. The van der Waals surface area contributed by atoms with Gasteiger partial charge in [-0.15, -0.1) is 11.3 Å². The van der Waals surface area contributed by atoms with Crippen molar-refractivity contribution in [3.63, 3.8) is 0 Å². The van der Waals surface area contributed by atoms with Gasteiger partial charge in [0.25, 0.3) is 0 Å². The molecule has 0 aliphatic rings. The van der Waals surface area contributed by atoms with Crippen LogP contribution in [0.25, 0.3) is 43.9 Å². The molecule has 31 heavy (non-hydrogen) atoms. The molecular weight excluding hydrogens is 406 g/mol. The van der Waals surface area contributed by atoms with E-state index in [0.717, 1.165) is 22.2 Å². The molecule has 5 aromatic rings. The van der Waals surface area contributed by atoms with E-state index in [-0.39, 0.29) is 0 Å². The highest BCUT2D eigenvalue weighted by Gasteiger charge is 2.15. The molecule has 0 aliphatic heterocycles. The summed E-state index contributed by atoms with van der Waals surface area (Å²) in [6, 6.07) is 25.9. The number of ether oxygens (including phenoxy) is 1. The smallest absolute Gasteiger partial charge is 0.346 e. The number of rotatable bonds is 5. The summed E-state index contributed by atoms with van der Waals surface area (Å²) >= 11 is 1.43. The van der Waals surface area contributed by atoms with Crippen molar-refractivity contribution in [1.29, 1.82) is 0 Å². The Morgan fingerprint density at radius 1 is 0.903 bits per heavy atom. The summed E-state index contributed by atoms with van der Waals surface area (Å²) in [5.41, 5.74) is 4.67. The number of hydrogen-bond acceptors (Lipinski definition) is 5. The van der Waals surface area contributed by atoms with Crippen LogP contribution in [0, 0.1) is 0 Å². The van der Waals surface area contributed by atoms with E-state index in [0.29, 0.717) is 28.5 Å². The third-order valence-electron chi connectivity index (χ3n) is 5.05. The molecule has 0 saturated heterocycles. The Balaban J connectivity index is 1.49. The van der Waals surface area contributed by atoms with E-state index in [1.54, 1.807) is 6.07 Å². The molecule has 0 spiro atoms. The van der Waals surface area contributed by atoms with E-state index in [2.05, 4.69) is 36.4 Å². The number of para-hydroxylation sites is 1. The fourth-order valence-corrected chi connectivity index (χ4v) is 4.36. The van der Waals surface area contributed by atoms with Crippen molar-refractivity contribution in [3.05, 3.63) is 94.7 Å². The summed E-state index contributed by atoms with van der Waals surface area (Å²) in [7, 11) is 0. The molecule has 0 radical (unpaired) electrons. The zero-order valence-electron chi connectivity index (χ0n) is 16.9. The SMILES string of the molecule is CCOc1cccc2cc(-c3nc(-c4ccc(-c5ccccc5)cc4)cs3)c(=O)oc12. The van der Waals surface area contributed by atoms with Crippen LogP contribution in [0.3, 0.4) is 0 Å². The Labute approximate surface area is 183 Å². The largest absolute Gasteiger partial charge is 0.490 e. The van der Waals surface area contributed by atoms with Crippen molar-refractivity contribution in [2.24, 2.45) is 0 Å². The summed E-state index contributed by atoms with van der Waals surface area (Å²) in [5.74, 6) is 0.571. The normalized spacial score (nSPS) is 11.0. The Morgan fingerprint density at radius 3 is 2.42 bits per heavy atom. The van der Waals surface area contributed by atoms with Gasteiger partial charge in [0.2, 0.25) is 0 Å². The molecule has 5 rings (SSSR count). The Morgan fingerprint density at radius 2 is 1.65 bits per heavy atom. The van der Waals surface area contributed by atoms with Gasteiger partial charge in [0.05, 0.1) is 17.9 Å². The molecule has 0 N–H and O–H groups in total. The van der Waals surface area contributed by atoms with E-state index >= 15 is 0 Å². The maximum Gasteiger partial charge on any atom is 0.346 e. The van der Waals surface area contributed by atoms with Crippen LogP contribution < -0.4 is 10.4 Å². The Kier molecular flexibility index (Phi) is 5.10. The van der Waals surface area contributed by atoms with Gasteiger partial charge in [-0.3, -0.25) is 0 Å². The molecule has 0 bridgehead atoms. The number of thiazole rings is 1. The van der Waals surface area contributed by atoms with Crippen molar-refractivity contribution in [3.8, 4) is 38.7 Å². The lowest BCUT2D eigenvalue weighted by molar-refractivity contribution is 0.337. The van der Waals surface area contributed by atoms with E-state index in [1.165, 1.54) is 16.9 Å². The summed E-state index contributed by atoms with van der Waals surface area (Å²) in [5, 5.41) is 3.41. The Bertz CT molecular complexity index is 1400. The Hall–Kier alpha value is -3.70. The van der Waals surface area contributed by atoms with Crippen molar-refractivity contribution in [2.75, 3.05) is 6.61 Å². The average molecular weight is 426 g/mol. The fraction of sp³-hybridized carbons (Fsp3) is 0.0769. The molecule has 0 amide bonds. The van der Waals surface area contributed by atoms with Gasteiger partial charge in [-0.05, 0) is 30.2 Å². The fourth-order valence-electron chi connectivity index (χ4n) is 3.53. The number of hydrogen-bond donors (Lipinski definition) is 0. The van der Waals surface area contributed by atoms with E-state index in [1.807, 2.05) is 48.7 Å². The van der Waals surface area contributed by atoms with Crippen LogP contribution >= 0.6 is 11.3 Å². The maximum absolute atomic E-state index is 12.7. The molecule has 4 nitrogen and oxygen atoms in total. The molecule has 3 aromatic carbocycles. The number of fused-ring (bicyclic) bond motifs is 1. The van der Waals surface area contributed by atoms with Crippen LogP contribution in [-0.4, -0.2) is 11.6 Å². The van der Waals surface area contributed by atoms with Gasteiger partial charge in [-0.2, -0.15) is 0 Å². The topological polar surface area (TPSA) is 52.3 Å². The van der Waals surface area contributed by atoms with Crippen LogP contribution in [0.1, 0.15) is 6.92 Å².